The van der Waals surface area contributed by atoms with E-state index in [-0.39, 0.29) is 10.7 Å². The third-order valence-corrected chi connectivity index (χ3v) is 4.15. The van der Waals surface area contributed by atoms with Crippen LogP contribution in [-0.4, -0.2) is 14.7 Å². The number of rotatable bonds is 4. The van der Waals surface area contributed by atoms with Gasteiger partial charge in [0.1, 0.15) is 5.82 Å². The Morgan fingerprint density at radius 1 is 1.23 bits per heavy atom. The van der Waals surface area contributed by atoms with Crippen molar-refractivity contribution in [2.75, 3.05) is 0 Å². The molecule has 0 saturated heterocycles. The maximum atomic E-state index is 13.4. The Morgan fingerprint density at radius 2 is 2.00 bits per heavy atom. The average molecular weight is 374 g/mol. The summed E-state index contributed by atoms with van der Waals surface area (Å²) in [7, 11) is 0. The normalized spacial score (nSPS) is 10.7. The molecule has 0 N–H and O–H groups in total. The molecule has 0 aliphatic carbocycles. The van der Waals surface area contributed by atoms with Crippen LogP contribution in [0.1, 0.15) is 12.6 Å². The second-order valence-electron chi connectivity index (χ2n) is 5.51. The van der Waals surface area contributed by atoms with Crippen LogP contribution in [-0.2, 0) is 6.42 Å². The summed E-state index contributed by atoms with van der Waals surface area (Å²) in [6.07, 6.45) is 0.493. The Labute approximate surface area is 152 Å². The highest BCUT2D eigenvalue weighted by atomic mass is 35.5. The lowest BCUT2D eigenvalue weighted by Crippen LogP contribution is -2.22. The summed E-state index contributed by atoms with van der Waals surface area (Å²) in [4.78, 5) is 23.0. The van der Waals surface area contributed by atoms with Crippen LogP contribution in [0.3, 0.4) is 0 Å². The molecule has 0 atom stereocenters. The number of aromatic nitrogens is 2. The molecule has 2 aromatic carbocycles. The topological polar surface area (TPSA) is 78.0 Å². The van der Waals surface area contributed by atoms with E-state index in [0.717, 1.165) is 10.7 Å². The fraction of sp³-hybridized carbons (Fsp3) is 0.111. The summed E-state index contributed by atoms with van der Waals surface area (Å²) in [5, 5.41) is 15.2. The predicted octanol–water partition coefficient (Wildman–Crippen LogP) is 4.16. The van der Waals surface area contributed by atoms with Gasteiger partial charge in [0.25, 0.3) is 11.2 Å². The van der Waals surface area contributed by atoms with E-state index in [2.05, 4.69) is 5.10 Å². The van der Waals surface area contributed by atoms with Crippen molar-refractivity contribution in [1.29, 1.82) is 0 Å². The van der Waals surface area contributed by atoms with Gasteiger partial charge < -0.3 is 0 Å². The zero-order valence-corrected chi connectivity index (χ0v) is 14.4. The zero-order valence-electron chi connectivity index (χ0n) is 13.6. The Morgan fingerprint density at radius 3 is 2.65 bits per heavy atom. The van der Waals surface area contributed by atoms with Crippen LogP contribution in [0.15, 0.2) is 53.3 Å². The molecular weight excluding hydrogens is 361 g/mol. The van der Waals surface area contributed by atoms with Crippen LogP contribution in [0, 0.1) is 15.9 Å². The van der Waals surface area contributed by atoms with Gasteiger partial charge >= 0.3 is 0 Å². The lowest BCUT2D eigenvalue weighted by Gasteiger charge is -2.11. The fourth-order valence-electron chi connectivity index (χ4n) is 2.59. The summed E-state index contributed by atoms with van der Waals surface area (Å²) >= 11 is 5.78. The minimum Gasteiger partial charge on any atom is -0.267 e. The van der Waals surface area contributed by atoms with E-state index in [9.17, 15) is 19.3 Å². The first-order valence-corrected chi connectivity index (χ1v) is 8.12. The van der Waals surface area contributed by atoms with E-state index in [1.165, 1.54) is 30.3 Å². The van der Waals surface area contributed by atoms with Crippen molar-refractivity contribution in [2.45, 2.75) is 13.3 Å². The van der Waals surface area contributed by atoms with E-state index < -0.39 is 16.3 Å². The highest BCUT2D eigenvalue weighted by Gasteiger charge is 2.14. The molecule has 0 amide bonds. The van der Waals surface area contributed by atoms with E-state index in [0.29, 0.717) is 28.9 Å². The summed E-state index contributed by atoms with van der Waals surface area (Å²) in [6, 6.07) is 11.3. The SMILES string of the molecule is CCc1nn(-c2ccc(F)c(Cl)c2)c(=O)cc1-c1cccc([N+](=O)[O-])c1. The number of nitrogens with zero attached hydrogens (tertiary/aromatic N) is 3. The zero-order chi connectivity index (χ0) is 18.8. The largest absolute Gasteiger partial charge is 0.272 e. The molecule has 3 rings (SSSR count). The van der Waals surface area contributed by atoms with E-state index in [1.54, 1.807) is 12.1 Å². The van der Waals surface area contributed by atoms with Crippen LogP contribution in [0.5, 0.6) is 0 Å². The molecule has 132 valence electrons. The molecule has 3 aromatic rings. The van der Waals surface area contributed by atoms with Gasteiger partial charge in [-0.2, -0.15) is 9.78 Å². The van der Waals surface area contributed by atoms with Gasteiger partial charge in [-0.25, -0.2) is 4.39 Å². The van der Waals surface area contributed by atoms with Crippen LogP contribution in [0.4, 0.5) is 10.1 Å². The first-order chi connectivity index (χ1) is 12.4. The highest BCUT2D eigenvalue weighted by molar-refractivity contribution is 6.30. The molecule has 1 heterocycles. The Bertz CT molecular complexity index is 1070. The summed E-state index contributed by atoms with van der Waals surface area (Å²) < 4.78 is 14.5. The Balaban J connectivity index is 2.16. The fourth-order valence-corrected chi connectivity index (χ4v) is 2.77. The van der Waals surface area contributed by atoms with Gasteiger partial charge in [0.05, 0.1) is 21.3 Å². The van der Waals surface area contributed by atoms with Gasteiger partial charge in [-0.05, 0) is 30.2 Å². The van der Waals surface area contributed by atoms with Crippen LogP contribution in [0.25, 0.3) is 16.8 Å². The molecule has 0 aliphatic rings. The average Bonchev–Trinajstić information content (AvgIpc) is 2.64. The molecular formula is C18H13ClFN3O3. The molecule has 8 heteroatoms. The second kappa shape index (κ2) is 7.05. The molecule has 1 aromatic heterocycles. The molecule has 0 radical (unpaired) electrons. The first kappa shape index (κ1) is 17.8. The molecule has 0 fully saturated rings. The number of non-ortho nitro benzene ring substituents is 1. The second-order valence-corrected chi connectivity index (χ2v) is 5.92. The van der Waals surface area contributed by atoms with Gasteiger partial charge in [-0.3, -0.25) is 14.9 Å². The van der Waals surface area contributed by atoms with E-state index in [4.69, 9.17) is 11.6 Å². The van der Waals surface area contributed by atoms with Crippen molar-refractivity contribution in [2.24, 2.45) is 0 Å². The van der Waals surface area contributed by atoms with Gasteiger partial charge in [-0.15, -0.1) is 0 Å². The maximum absolute atomic E-state index is 13.4. The third kappa shape index (κ3) is 3.34. The van der Waals surface area contributed by atoms with E-state index >= 15 is 0 Å². The van der Waals surface area contributed by atoms with Gasteiger partial charge in [0, 0.05) is 23.8 Å². The van der Waals surface area contributed by atoms with Crippen molar-refractivity contribution in [3.8, 4) is 16.8 Å². The molecule has 0 aliphatic heterocycles. The lowest BCUT2D eigenvalue weighted by atomic mass is 10.0. The third-order valence-electron chi connectivity index (χ3n) is 3.86. The summed E-state index contributed by atoms with van der Waals surface area (Å²) in [5.74, 6) is -0.590. The minimum absolute atomic E-state index is 0.0703. The number of hydrogen-bond acceptors (Lipinski definition) is 4. The number of nitro groups is 1. The number of halogens is 2. The highest BCUT2D eigenvalue weighted by Crippen LogP contribution is 2.26. The Hall–Kier alpha value is -3.06. The number of nitro benzene ring substituents is 1. The molecule has 0 saturated carbocycles. The van der Waals surface area contributed by atoms with Crippen LogP contribution < -0.4 is 5.56 Å². The predicted molar refractivity (Wildman–Crippen MR) is 96.3 cm³/mol. The number of benzene rings is 2. The van der Waals surface area contributed by atoms with Crippen LogP contribution >= 0.6 is 11.6 Å². The van der Waals surface area contributed by atoms with E-state index in [1.807, 2.05) is 6.92 Å². The molecule has 26 heavy (non-hydrogen) atoms. The van der Waals surface area contributed by atoms with Crippen molar-refractivity contribution in [3.63, 3.8) is 0 Å². The van der Waals surface area contributed by atoms with Crippen molar-refractivity contribution < 1.29 is 9.31 Å². The monoisotopic (exact) mass is 373 g/mol. The standard InChI is InChI=1S/C18H13ClFN3O3/c1-2-17-14(11-4-3-5-13(8-11)23(25)26)10-18(24)22(21-17)12-6-7-16(20)15(19)9-12/h3-10H,2H2,1H3. The first-order valence-electron chi connectivity index (χ1n) is 7.74. The molecule has 0 spiro atoms. The van der Waals surface area contributed by atoms with Gasteiger partial charge in [0.15, 0.2) is 0 Å². The van der Waals surface area contributed by atoms with Gasteiger partial charge in [0.2, 0.25) is 0 Å². The number of aryl methyl sites for hydroxylation is 1. The van der Waals surface area contributed by atoms with Crippen LogP contribution in [0.2, 0.25) is 5.02 Å². The molecule has 0 unspecified atom stereocenters. The molecule has 6 nitrogen and oxygen atoms in total. The minimum atomic E-state index is -0.590. The Kier molecular flexibility index (Phi) is 4.81. The van der Waals surface area contributed by atoms with Gasteiger partial charge in [-0.1, -0.05) is 30.7 Å². The quantitative estimate of drug-likeness (QED) is 0.508. The molecule has 0 bridgehead atoms. The summed E-state index contributed by atoms with van der Waals surface area (Å²) in [5.41, 5.74) is 1.44. The maximum Gasteiger partial charge on any atom is 0.272 e. The smallest absolute Gasteiger partial charge is 0.267 e. The van der Waals surface area contributed by atoms with Crippen molar-refractivity contribution in [3.05, 3.63) is 85.5 Å². The van der Waals surface area contributed by atoms with Crippen molar-refractivity contribution >= 4 is 17.3 Å². The summed E-state index contributed by atoms with van der Waals surface area (Å²) in [6.45, 7) is 1.86. The number of hydrogen-bond donors (Lipinski definition) is 0. The lowest BCUT2D eigenvalue weighted by molar-refractivity contribution is -0.384. The van der Waals surface area contributed by atoms with Crippen molar-refractivity contribution in [1.82, 2.24) is 9.78 Å².